The van der Waals surface area contributed by atoms with Crippen LogP contribution in [0.1, 0.15) is 44.9 Å². The van der Waals surface area contributed by atoms with Crippen LogP contribution < -0.4 is 5.32 Å². The number of carbonyl (C=O) groups excluding carboxylic acids is 1. The average Bonchev–Trinajstić information content (AvgIpc) is 3.06. The third-order valence-corrected chi connectivity index (χ3v) is 3.54. The summed E-state index contributed by atoms with van der Waals surface area (Å²) in [6.45, 7) is 4.52. The summed E-state index contributed by atoms with van der Waals surface area (Å²) in [6.07, 6.45) is 13.3. The number of hydrogen-bond donors (Lipinski definition) is 2. The Balaban J connectivity index is 1.59. The van der Waals surface area contributed by atoms with Gasteiger partial charge in [-0.3, -0.25) is 9.79 Å². The van der Waals surface area contributed by atoms with Crippen molar-refractivity contribution in [2.45, 2.75) is 44.9 Å². The number of fused-ring (bicyclic) bond motifs is 1. The predicted octanol–water partition coefficient (Wildman–Crippen LogP) is 3.28. The van der Waals surface area contributed by atoms with Crippen LogP contribution in [0.4, 0.5) is 5.82 Å². The molecule has 2 N–H and O–H groups in total. The van der Waals surface area contributed by atoms with Crippen molar-refractivity contribution in [2.24, 2.45) is 4.99 Å². The molecule has 0 aromatic carbocycles. The fourth-order valence-corrected chi connectivity index (χ4v) is 2.26. The van der Waals surface area contributed by atoms with Crippen molar-refractivity contribution in [3.05, 3.63) is 25.3 Å². The van der Waals surface area contributed by atoms with Crippen LogP contribution in [0.15, 0.2) is 30.3 Å². The number of carbonyl (C=O) groups is 1. The van der Waals surface area contributed by atoms with E-state index in [1.807, 2.05) is 12.3 Å². The Bertz CT molecular complexity index is 679. The van der Waals surface area contributed by atoms with Gasteiger partial charge in [0.25, 0.3) is 0 Å². The van der Waals surface area contributed by atoms with Crippen molar-refractivity contribution in [1.82, 2.24) is 19.9 Å². The molecule has 0 atom stereocenters. The number of aromatic nitrogens is 4. The molecular weight excluding hydrogens is 304 g/mol. The number of imidazole rings is 1. The Kier molecular flexibility index (Phi) is 7.59. The molecule has 0 aliphatic rings. The molecule has 1 amide bonds. The number of nitrogens with one attached hydrogen (secondary N) is 2. The third-order valence-electron chi connectivity index (χ3n) is 3.54. The molecule has 128 valence electrons. The summed E-state index contributed by atoms with van der Waals surface area (Å²) >= 11 is 0. The van der Waals surface area contributed by atoms with E-state index in [4.69, 9.17) is 0 Å². The number of aliphatic imine (C=N–C) groups is 1. The summed E-state index contributed by atoms with van der Waals surface area (Å²) in [5.41, 5.74) is 1.20. The van der Waals surface area contributed by atoms with E-state index in [-0.39, 0.29) is 5.91 Å². The van der Waals surface area contributed by atoms with Crippen molar-refractivity contribution in [3.8, 4) is 0 Å². The number of amides is 1. The molecule has 0 radical (unpaired) electrons. The second-order valence-corrected chi connectivity index (χ2v) is 5.49. The van der Waals surface area contributed by atoms with Crippen molar-refractivity contribution in [1.29, 1.82) is 0 Å². The molecule has 0 spiro atoms. The number of unbranched alkanes of at least 4 members (excludes halogenated alkanes) is 4. The fraction of sp³-hybridized carbons (Fsp3) is 0.471. The van der Waals surface area contributed by atoms with Gasteiger partial charge in [-0.05, 0) is 38.3 Å². The molecule has 2 aromatic heterocycles. The molecule has 0 saturated carbocycles. The summed E-state index contributed by atoms with van der Waals surface area (Å²) in [7, 11) is 0. The number of rotatable bonds is 11. The van der Waals surface area contributed by atoms with Gasteiger partial charge < -0.3 is 10.3 Å². The van der Waals surface area contributed by atoms with Crippen molar-refractivity contribution < 1.29 is 4.79 Å². The highest BCUT2D eigenvalue weighted by Gasteiger charge is 2.09. The smallest absolute Gasteiger partial charge is 0.225 e. The zero-order valence-corrected chi connectivity index (χ0v) is 13.9. The molecule has 0 saturated heterocycles. The lowest BCUT2D eigenvalue weighted by Crippen LogP contribution is -2.12. The first kappa shape index (κ1) is 17.8. The second kappa shape index (κ2) is 10.3. The van der Waals surface area contributed by atoms with Crippen molar-refractivity contribution >= 4 is 29.1 Å². The average molecular weight is 328 g/mol. The van der Waals surface area contributed by atoms with Gasteiger partial charge in [-0.1, -0.05) is 12.5 Å². The van der Waals surface area contributed by atoms with Crippen LogP contribution in [-0.2, 0) is 4.79 Å². The Hall–Kier alpha value is -2.57. The number of H-pyrrole nitrogens is 1. The highest BCUT2D eigenvalue weighted by Crippen LogP contribution is 2.14. The summed E-state index contributed by atoms with van der Waals surface area (Å²) in [4.78, 5) is 31.4. The van der Waals surface area contributed by atoms with Gasteiger partial charge in [0.2, 0.25) is 5.91 Å². The number of anilines is 1. The maximum absolute atomic E-state index is 12.0. The molecule has 2 heterocycles. The summed E-state index contributed by atoms with van der Waals surface area (Å²) in [6, 6.07) is 0. The van der Waals surface area contributed by atoms with Crippen LogP contribution in [0.25, 0.3) is 11.2 Å². The van der Waals surface area contributed by atoms with Crippen LogP contribution >= 0.6 is 0 Å². The van der Waals surface area contributed by atoms with Gasteiger partial charge in [-0.2, -0.15) is 0 Å². The van der Waals surface area contributed by atoms with E-state index in [1.54, 1.807) is 0 Å². The van der Waals surface area contributed by atoms with Gasteiger partial charge >= 0.3 is 0 Å². The maximum atomic E-state index is 12.0. The standard InChI is InChI=1S/C17H24N6O/c1-2-3-4-7-10-18-11-8-5-6-9-14(24)23-17-15-16(20-12-19-15)21-13-22-17/h2,10,12-13H,1,3-9,11H2,(H2,19,20,21,22,23,24). The van der Waals surface area contributed by atoms with Crippen LogP contribution in [0.5, 0.6) is 0 Å². The van der Waals surface area contributed by atoms with Gasteiger partial charge in [0.05, 0.1) is 6.33 Å². The van der Waals surface area contributed by atoms with Crippen LogP contribution in [0, 0.1) is 0 Å². The van der Waals surface area contributed by atoms with Crippen molar-refractivity contribution in [2.75, 3.05) is 11.9 Å². The minimum absolute atomic E-state index is 0.0440. The van der Waals surface area contributed by atoms with Crippen LogP contribution in [-0.4, -0.2) is 38.6 Å². The van der Waals surface area contributed by atoms with Crippen LogP contribution in [0.2, 0.25) is 0 Å². The highest BCUT2D eigenvalue weighted by atomic mass is 16.1. The maximum Gasteiger partial charge on any atom is 0.225 e. The lowest BCUT2D eigenvalue weighted by molar-refractivity contribution is -0.116. The van der Waals surface area contributed by atoms with E-state index in [0.29, 0.717) is 23.4 Å². The molecule has 2 rings (SSSR count). The Morgan fingerprint density at radius 3 is 3.00 bits per heavy atom. The molecule has 0 aliphatic heterocycles. The second-order valence-electron chi connectivity index (χ2n) is 5.49. The number of hydrogen-bond acceptors (Lipinski definition) is 5. The summed E-state index contributed by atoms with van der Waals surface area (Å²) in [5, 5.41) is 2.80. The Morgan fingerprint density at radius 1 is 1.21 bits per heavy atom. The highest BCUT2D eigenvalue weighted by molar-refractivity contribution is 5.96. The predicted molar refractivity (Wildman–Crippen MR) is 96.2 cm³/mol. The first-order chi connectivity index (χ1) is 11.8. The van der Waals surface area contributed by atoms with Gasteiger partial charge in [-0.15, -0.1) is 6.58 Å². The van der Waals surface area contributed by atoms with E-state index in [2.05, 4.69) is 36.8 Å². The third kappa shape index (κ3) is 5.91. The molecule has 0 unspecified atom stereocenters. The first-order valence-electron chi connectivity index (χ1n) is 8.34. The minimum Gasteiger partial charge on any atom is -0.340 e. The van der Waals surface area contributed by atoms with E-state index in [9.17, 15) is 4.79 Å². The molecule has 0 fully saturated rings. The topological polar surface area (TPSA) is 95.9 Å². The van der Waals surface area contributed by atoms with Gasteiger partial charge in [-0.25, -0.2) is 15.0 Å². The molecule has 0 bridgehead atoms. The lowest BCUT2D eigenvalue weighted by Gasteiger charge is -2.04. The fourth-order valence-electron chi connectivity index (χ4n) is 2.26. The number of nitrogens with zero attached hydrogens (tertiary/aromatic N) is 4. The van der Waals surface area contributed by atoms with Crippen molar-refractivity contribution in [3.63, 3.8) is 0 Å². The molecular formula is C17H24N6O. The lowest BCUT2D eigenvalue weighted by atomic mass is 10.2. The van der Waals surface area contributed by atoms with Gasteiger partial charge in [0, 0.05) is 13.0 Å². The van der Waals surface area contributed by atoms with Crippen LogP contribution in [0.3, 0.4) is 0 Å². The number of allylic oxidation sites excluding steroid dienone is 1. The summed E-state index contributed by atoms with van der Waals surface area (Å²) in [5.74, 6) is 0.434. The Morgan fingerprint density at radius 2 is 2.12 bits per heavy atom. The van der Waals surface area contributed by atoms with E-state index in [0.717, 1.165) is 45.1 Å². The molecule has 7 nitrogen and oxygen atoms in total. The van der Waals surface area contributed by atoms with E-state index < -0.39 is 0 Å². The molecule has 0 aliphatic carbocycles. The quantitative estimate of drug-likeness (QED) is 0.376. The zero-order valence-electron chi connectivity index (χ0n) is 13.9. The Labute approximate surface area is 141 Å². The molecule has 7 heteroatoms. The first-order valence-corrected chi connectivity index (χ1v) is 8.34. The minimum atomic E-state index is -0.0440. The molecule has 2 aromatic rings. The zero-order chi connectivity index (χ0) is 17.0. The van der Waals surface area contributed by atoms with E-state index in [1.165, 1.54) is 12.7 Å². The van der Waals surface area contributed by atoms with Gasteiger partial charge in [0.1, 0.15) is 11.8 Å². The largest absolute Gasteiger partial charge is 0.340 e. The van der Waals surface area contributed by atoms with E-state index >= 15 is 0 Å². The monoisotopic (exact) mass is 328 g/mol. The number of aromatic amines is 1. The van der Waals surface area contributed by atoms with Gasteiger partial charge in [0.15, 0.2) is 11.5 Å². The molecule has 24 heavy (non-hydrogen) atoms. The summed E-state index contributed by atoms with van der Waals surface area (Å²) < 4.78 is 0. The normalized spacial score (nSPS) is 11.2. The SMILES string of the molecule is C=CCCCC=NCCCCCC(=O)Nc1ncnc2nc[nH]c12.